The molecular formula is C9H13N3O2S. The quantitative estimate of drug-likeness (QED) is 0.486. The van der Waals surface area contributed by atoms with E-state index in [9.17, 15) is 10.1 Å². The van der Waals surface area contributed by atoms with Crippen molar-refractivity contribution in [1.29, 1.82) is 0 Å². The zero-order valence-corrected chi connectivity index (χ0v) is 9.67. The molecule has 0 fully saturated rings. The second kappa shape index (κ2) is 4.97. The number of pyridine rings is 1. The Hall–Kier alpha value is -1.30. The van der Waals surface area contributed by atoms with Gasteiger partial charge in [0.1, 0.15) is 5.82 Å². The van der Waals surface area contributed by atoms with Gasteiger partial charge in [0, 0.05) is 18.4 Å². The summed E-state index contributed by atoms with van der Waals surface area (Å²) in [5.41, 5.74) is 0.0627. The first-order valence-corrected chi connectivity index (χ1v) is 5.42. The first kappa shape index (κ1) is 11.8. The Kier molecular flexibility index (Phi) is 3.90. The monoisotopic (exact) mass is 227 g/mol. The third-order valence-corrected chi connectivity index (χ3v) is 2.64. The third-order valence-electron chi connectivity index (χ3n) is 1.64. The predicted octanol–water partition coefficient (Wildman–Crippen LogP) is 2.53. The van der Waals surface area contributed by atoms with Gasteiger partial charge in [-0.3, -0.25) is 10.1 Å². The largest absolute Gasteiger partial charge is 0.373 e. The van der Waals surface area contributed by atoms with E-state index in [0.717, 1.165) is 0 Å². The number of hydrogen-bond donors (Lipinski definition) is 1. The molecular weight excluding hydrogens is 214 g/mol. The number of aromatic nitrogens is 1. The number of hydrogen-bond acceptors (Lipinski definition) is 5. The van der Waals surface area contributed by atoms with Crippen LogP contribution in [0.15, 0.2) is 17.2 Å². The smallest absolute Gasteiger partial charge is 0.301 e. The van der Waals surface area contributed by atoms with Gasteiger partial charge < -0.3 is 5.32 Å². The summed E-state index contributed by atoms with van der Waals surface area (Å²) >= 11 is 1.39. The highest BCUT2D eigenvalue weighted by Crippen LogP contribution is 2.31. The molecule has 5 nitrogen and oxygen atoms in total. The molecule has 6 heteroatoms. The lowest BCUT2D eigenvalue weighted by Crippen LogP contribution is -1.99. The summed E-state index contributed by atoms with van der Waals surface area (Å²) in [5, 5.41) is 14.3. The normalized spacial score (nSPS) is 10.4. The minimum absolute atomic E-state index is 0.0627. The number of anilines is 1. The van der Waals surface area contributed by atoms with Crippen LogP contribution >= 0.6 is 11.8 Å². The fourth-order valence-corrected chi connectivity index (χ4v) is 1.88. The molecule has 0 aliphatic carbocycles. The topological polar surface area (TPSA) is 68.1 Å². The highest BCUT2D eigenvalue weighted by atomic mass is 32.2. The summed E-state index contributed by atoms with van der Waals surface area (Å²) in [4.78, 5) is 14.5. The molecule has 0 atom stereocenters. The van der Waals surface area contributed by atoms with Gasteiger partial charge in [-0.05, 0) is 6.07 Å². The van der Waals surface area contributed by atoms with Gasteiger partial charge in [0.2, 0.25) is 0 Å². The Morgan fingerprint density at radius 3 is 2.67 bits per heavy atom. The van der Waals surface area contributed by atoms with E-state index in [2.05, 4.69) is 10.3 Å². The summed E-state index contributed by atoms with van der Waals surface area (Å²) in [6.45, 7) is 3.95. The molecule has 1 heterocycles. The van der Waals surface area contributed by atoms with E-state index in [1.807, 2.05) is 13.8 Å². The third kappa shape index (κ3) is 3.09. The Morgan fingerprint density at radius 2 is 2.20 bits per heavy atom. The number of nitro groups is 1. The summed E-state index contributed by atoms with van der Waals surface area (Å²) < 4.78 is 0. The van der Waals surface area contributed by atoms with Crippen molar-refractivity contribution in [3.8, 4) is 0 Å². The van der Waals surface area contributed by atoms with Crippen LogP contribution in [0.2, 0.25) is 0 Å². The molecule has 0 bridgehead atoms. The second-order valence-corrected chi connectivity index (χ2v) is 4.76. The Balaban J connectivity index is 3.10. The number of rotatable bonds is 4. The van der Waals surface area contributed by atoms with Crippen molar-refractivity contribution in [3.05, 3.63) is 22.2 Å². The molecule has 0 radical (unpaired) electrons. The van der Waals surface area contributed by atoms with Crippen LogP contribution in [0, 0.1) is 10.1 Å². The SMILES string of the molecule is CNc1ccc([N+](=O)[O-])c(SC(C)C)n1. The van der Waals surface area contributed by atoms with Crippen LogP contribution in [0.5, 0.6) is 0 Å². The number of nitrogens with zero attached hydrogens (tertiary/aromatic N) is 2. The Bertz CT molecular complexity index is 368. The van der Waals surface area contributed by atoms with Gasteiger partial charge in [0.05, 0.1) is 4.92 Å². The molecule has 0 unspecified atom stereocenters. The van der Waals surface area contributed by atoms with E-state index in [1.165, 1.54) is 17.8 Å². The van der Waals surface area contributed by atoms with Gasteiger partial charge in [-0.25, -0.2) is 4.98 Å². The zero-order valence-electron chi connectivity index (χ0n) is 8.85. The molecule has 0 spiro atoms. The molecule has 0 amide bonds. The lowest BCUT2D eigenvalue weighted by molar-refractivity contribution is -0.388. The van der Waals surface area contributed by atoms with Crippen molar-refractivity contribution < 1.29 is 4.92 Å². The van der Waals surface area contributed by atoms with E-state index in [1.54, 1.807) is 13.1 Å². The minimum atomic E-state index is -0.406. The molecule has 1 aromatic rings. The molecule has 1 rings (SSSR count). The zero-order chi connectivity index (χ0) is 11.4. The predicted molar refractivity (Wildman–Crippen MR) is 61.4 cm³/mol. The van der Waals surface area contributed by atoms with Crippen LogP contribution in [-0.4, -0.2) is 22.2 Å². The maximum absolute atomic E-state index is 10.7. The molecule has 0 aromatic carbocycles. The van der Waals surface area contributed by atoms with Crippen LogP contribution in [0.3, 0.4) is 0 Å². The average Bonchev–Trinajstić information content (AvgIpc) is 2.16. The lowest BCUT2D eigenvalue weighted by atomic mass is 10.4. The van der Waals surface area contributed by atoms with E-state index < -0.39 is 4.92 Å². The van der Waals surface area contributed by atoms with Crippen molar-refractivity contribution in [2.75, 3.05) is 12.4 Å². The lowest BCUT2D eigenvalue weighted by Gasteiger charge is -2.06. The molecule has 0 aliphatic rings. The van der Waals surface area contributed by atoms with Gasteiger partial charge in [-0.15, -0.1) is 0 Å². The molecule has 0 aliphatic heterocycles. The molecule has 0 saturated heterocycles. The van der Waals surface area contributed by atoms with Crippen molar-refractivity contribution in [2.45, 2.75) is 24.1 Å². The highest BCUT2D eigenvalue weighted by Gasteiger charge is 2.17. The summed E-state index contributed by atoms with van der Waals surface area (Å²) in [5.74, 6) is 0.642. The number of thioether (sulfide) groups is 1. The van der Waals surface area contributed by atoms with Gasteiger partial charge >= 0.3 is 5.69 Å². The minimum Gasteiger partial charge on any atom is -0.373 e. The first-order chi connectivity index (χ1) is 7.04. The van der Waals surface area contributed by atoms with Crippen molar-refractivity contribution in [2.24, 2.45) is 0 Å². The van der Waals surface area contributed by atoms with Crippen LogP contribution in [-0.2, 0) is 0 Å². The van der Waals surface area contributed by atoms with Crippen molar-refractivity contribution >= 4 is 23.3 Å². The molecule has 1 N–H and O–H groups in total. The maximum Gasteiger partial charge on any atom is 0.301 e. The van der Waals surface area contributed by atoms with Crippen LogP contribution in [0.1, 0.15) is 13.8 Å². The average molecular weight is 227 g/mol. The first-order valence-electron chi connectivity index (χ1n) is 4.54. The molecule has 82 valence electrons. The summed E-state index contributed by atoms with van der Waals surface area (Å²) in [6.07, 6.45) is 0. The fraction of sp³-hybridized carbons (Fsp3) is 0.444. The summed E-state index contributed by atoms with van der Waals surface area (Å²) in [6, 6.07) is 3.08. The van der Waals surface area contributed by atoms with E-state index >= 15 is 0 Å². The van der Waals surface area contributed by atoms with Gasteiger partial charge in [-0.2, -0.15) is 0 Å². The van der Waals surface area contributed by atoms with Gasteiger partial charge in [0.15, 0.2) is 5.03 Å². The van der Waals surface area contributed by atoms with E-state index in [0.29, 0.717) is 10.8 Å². The molecule has 1 aromatic heterocycles. The van der Waals surface area contributed by atoms with Crippen LogP contribution in [0.4, 0.5) is 11.5 Å². The Morgan fingerprint density at radius 1 is 1.53 bits per heavy atom. The molecule has 0 saturated carbocycles. The highest BCUT2D eigenvalue weighted by molar-refractivity contribution is 7.99. The fourth-order valence-electron chi connectivity index (χ4n) is 1.02. The summed E-state index contributed by atoms with van der Waals surface area (Å²) in [7, 11) is 1.73. The van der Waals surface area contributed by atoms with E-state index in [-0.39, 0.29) is 10.9 Å². The number of nitrogens with one attached hydrogen (secondary N) is 1. The van der Waals surface area contributed by atoms with Gasteiger partial charge in [0.25, 0.3) is 0 Å². The van der Waals surface area contributed by atoms with Crippen molar-refractivity contribution in [3.63, 3.8) is 0 Å². The van der Waals surface area contributed by atoms with Crippen molar-refractivity contribution in [1.82, 2.24) is 4.98 Å². The second-order valence-electron chi connectivity index (χ2n) is 3.19. The van der Waals surface area contributed by atoms with E-state index in [4.69, 9.17) is 0 Å². The van der Waals surface area contributed by atoms with Gasteiger partial charge in [-0.1, -0.05) is 25.6 Å². The van der Waals surface area contributed by atoms with Crippen LogP contribution < -0.4 is 5.32 Å². The molecule has 15 heavy (non-hydrogen) atoms. The standard InChI is InChI=1S/C9H13N3O2S/c1-6(2)15-9-7(12(13)14)4-5-8(10-3)11-9/h4-6H,1-3H3,(H,10,11). The van der Waals surface area contributed by atoms with Crippen LogP contribution in [0.25, 0.3) is 0 Å². The maximum atomic E-state index is 10.7. The Labute approximate surface area is 92.4 Å².